The Bertz CT molecular complexity index is 553. The molecule has 0 bridgehead atoms. The van der Waals surface area contributed by atoms with Gasteiger partial charge in [-0.15, -0.1) is 0 Å². The minimum absolute atomic E-state index is 0.158. The summed E-state index contributed by atoms with van der Waals surface area (Å²) >= 11 is 3.16. The zero-order valence-electron chi connectivity index (χ0n) is 11.5. The molecule has 0 saturated carbocycles. The number of rotatable bonds is 4. The summed E-state index contributed by atoms with van der Waals surface area (Å²) in [5.41, 5.74) is 5.47. The highest BCUT2D eigenvalue weighted by Crippen LogP contribution is 2.19. The van der Waals surface area contributed by atoms with Crippen molar-refractivity contribution in [3.05, 3.63) is 28.5 Å². The lowest BCUT2D eigenvalue weighted by atomic mass is 9.97. The van der Waals surface area contributed by atoms with Gasteiger partial charge in [0.25, 0.3) is 5.91 Å². The number of hydrogen-bond donors (Lipinski definition) is 3. The van der Waals surface area contributed by atoms with Crippen LogP contribution in [0.5, 0.6) is 0 Å². The number of carbonyl (C=O) groups is 2. The molecule has 1 unspecified atom stereocenters. The fourth-order valence-corrected chi connectivity index (χ4v) is 2.90. The van der Waals surface area contributed by atoms with Crippen LogP contribution in [0.25, 0.3) is 0 Å². The molecule has 2 atom stereocenters. The van der Waals surface area contributed by atoms with Gasteiger partial charge in [0, 0.05) is 4.47 Å². The minimum Gasteiger partial charge on any atom is -0.369 e. The molecule has 5 nitrogen and oxygen atoms in total. The molecule has 1 heterocycles. The Morgan fingerprint density at radius 3 is 2.90 bits per heavy atom. The van der Waals surface area contributed by atoms with Gasteiger partial charge in [-0.1, -0.05) is 15.9 Å². The molecule has 1 fully saturated rings. The first-order chi connectivity index (χ1) is 9.95. The molecule has 2 amide bonds. The molecule has 2 rings (SSSR count). The maximum Gasteiger partial charge on any atom is 0.279 e. The second-order valence-corrected chi connectivity index (χ2v) is 6.21. The molecule has 1 aromatic rings. The van der Waals surface area contributed by atoms with Gasteiger partial charge in [-0.2, -0.15) is 0 Å². The van der Waals surface area contributed by atoms with E-state index in [-0.39, 0.29) is 30.0 Å². The first-order valence-electron chi connectivity index (χ1n) is 6.83. The molecular weight excluding hydrogens is 341 g/mol. The molecule has 0 aliphatic carbocycles. The monoisotopic (exact) mass is 358 g/mol. The Morgan fingerprint density at radius 1 is 1.48 bits per heavy atom. The molecule has 0 spiro atoms. The summed E-state index contributed by atoms with van der Waals surface area (Å²) in [6, 6.07) is 4.47. The van der Waals surface area contributed by atoms with Crippen molar-refractivity contribution < 1.29 is 18.9 Å². The van der Waals surface area contributed by atoms with Gasteiger partial charge < -0.3 is 16.0 Å². The number of nitrogens with two attached hydrogens (primary N) is 1. The average molecular weight is 359 g/mol. The van der Waals surface area contributed by atoms with E-state index >= 15 is 0 Å². The predicted molar refractivity (Wildman–Crippen MR) is 80.2 cm³/mol. The van der Waals surface area contributed by atoms with Crippen LogP contribution in [0, 0.1) is 11.7 Å². The van der Waals surface area contributed by atoms with E-state index in [9.17, 15) is 14.0 Å². The molecule has 21 heavy (non-hydrogen) atoms. The number of benzene rings is 1. The fourth-order valence-electron chi connectivity index (χ4n) is 2.57. The van der Waals surface area contributed by atoms with Crippen LogP contribution in [-0.4, -0.2) is 31.4 Å². The van der Waals surface area contributed by atoms with Crippen LogP contribution in [0.2, 0.25) is 0 Å². The molecular formula is C14H18BrFN3O2+. The van der Waals surface area contributed by atoms with Crippen molar-refractivity contribution in [2.45, 2.75) is 12.8 Å². The Hall–Kier alpha value is -1.47. The molecule has 1 aliphatic heterocycles. The summed E-state index contributed by atoms with van der Waals surface area (Å²) in [5, 5.41) is 2.56. The normalized spacial score (nSPS) is 21.8. The molecule has 1 saturated heterocycles. The standard InChI is InChI=1S/C14H17BrFN3O2/c15-10-3-4-12(11(16)6-10)18-13(20)8-19-5-1-2-9(7-19)14(17)21/h3-4,6,9H,1-2,5,7-8H2,(H2,17,21)(H,18,20)/p+1/t9-/m1/s1. The van der Waals surface area contributed by atoms with Crippen LogP contribution in [0.1, 0.15) is 12.8 Å². The number of piperidine rings is 1. The molecule has 114 valence electrons. The summed E-state index contributed by atoms with van der Waals surface area (Å²) in [4.78, 5) is 24.2. The van der Waals surface area contributed by atoms with Crippen molar-refractivity contribution in [2.24, 2.45) is 11.7 Å². The summed E-state index contributed by atoms with van der Waals surface area (Å²) in [7, 11) is 0. The van der Waals surface area contributed by atoms with E-state index in [1.54, 1.807) is 6.07 Å². The lowest BCUT2D eigenvalue weighted by molar-refractivity contribution is -0.899. The maximum absolute atomic E-state index is 13.6. The molecule has 0 radical (unpaired) electrons. The van der Waals surface area contributed by atoms with Crippen molar-refractivity contribution in [1.82, 2.24) is 0 Å². The Labute approximate surface area is 130 Å². The van der Waals surface area contributed by atoms with Crippen LogP contribution in [-0.2, 0) is 9.59 Å². The Morgan fingerprint density at radius 2 is 2.24 bits per heavy atom. The van der Waals surface area contributed by atoms with Crippen LogP contribution < -0.4 is 16.0 Å². The number of amides is 2. The lowest BCUT2D eigenvalue weighted by Gasteiger charge is -2.27. The number of carbonyl (C=O) groups excluding carboxylic acids is 2. The average Bonchev–Trinajstić information content (AvgIpc) is 2.42. The quantitative estimate of drug-likeness (QED) is 0.724. The van der Waals surface area contributed by atoms with E-state index < -0.39 is 5.82 Å². The SMILES string of the molecule is NC(=O)[C@@H]1CCC[NH+](CC(=O)Nc2ccc(Br)cc2F)C1. The highest BCUT2D eigenvalue weighted by Gasteiger charge is 2.28. The summed E-state index contributed by atoms with van der Waals surface area (Å²) in [6.45, 7) is 1.59. The number of nitrogens with one attached hydrogen (secondary N) is 2. The Balaban J connectivity index is 1.91. The topological polar surface area (TPSA) is 76.6 Å². The fraction of sp³-hybridized carbons (Fsp3) is 0.429. The molecule has 7 heteroatoms. The van der Waals surface area contributed by atoms with E-state index in [2.05, 4.69) is 21.2 Å². The highest BCUT2D eigenvalue weighted by atomic mass is 79.9. The van der Waals surface area contributed by atoms with Gasteiger partial charge in [0.05, 0.1) is 24.7 Å². The molecule has 4 N–H and O–H groups in total. The van der Waals surface area contributed by atoms with Gasteiger partial charge in [-0.25, -0.2) is 4.39 Å². The molecule has 0 aromatic heterocycles. The van der Waals surface area contributed by atoms with Crippen molar-refractivity contribution in [3.8, 4) is 0 Å². The number of quaternary nitrogens is 1. The van der Waals surface area contributed by atoms with E-state index in [0.717, 1.165) is 24.3 Å². The summed E-state index contributed by atoms with van der Waals surface area (Å²) < 4.78 is 14.3. The number of halogens is 2. The van der Waals surface area contributed by atoms with E-state index in [1.807, 2.05) is 0 Å². The third kappa shape index (κ3) is 4.50. The third-order valence-corrected chi connectivity index (χ3v) is 4.13. The first kappa shape index (κ1) is 15.9. The number of hydrogen-bond acceptors (Lipinski definition) is 2. The van der Waals surface area contributed by atoms with E-state index in [1.165, 1.54) is 12.1 Å². The van der Waals surface area contributed by atoms with Crippen molar-refractivity contribution >= 4 is 33.4 Å². The van der Waals surface area contributed by atoms with Gasteiger partial charge in [-0.3, -0.25) is 9.59 Å². The summed E-state index contributed by atoms with van der Waals surface area (Å²) in [5.74, 6) is -1.24. The second kappa shape index (κ2) is 7.00. The molecule has 1 aliphatic rings. The zero-order chi connectivity index (χ0) is 15.4. The van der Waals surface area contributed by atoms with E-state index in [0.29, 0.717) is 11.0 Å². The van der Waals surface area contributed by atoms with Crippen LogP contribution in [0.3, 0.4) is 0 Å². The van der Waals surface area contributed by atoms with Crippen molar-refractivity contribution in [3.63, 3.8) is 0 Å². The maximum atomic E-state index is 13.6. The molecule has 1 aromatic carbocycles. The van der Waals surface area contributed by atoms with Crippen LogP contribution in [0.4, 0.5) is 10.1 Å². The zero-order valence-corrected chi connectivity index (χ0v) is 13.1. The van der Waals surface area contributed by atoms with Gasteiger partial charge in [0.2, 0.25) is 5.91 Å². The minimum atomic E-state index is -0.485. The van der Waals surface area contributed by atoms with Crippen LogP contribution >= 0.6 is 15.9 Å². The van der Waals surface area contributed by atoms with Gasteiger partial charge in [-0.05, 0) is 31.0 Å². The predicted octanol–water partition coefficient (Wildman–Crippen LogP) is 0.307. The van der Waals surface area contributed by atoms with Gasteiger partial charge in [0.15, 0.2) is 6.54 Å². The van der Waals surface area contributed by atoms with Gasteiger partial charge >= 0.3 is 0 Å². The third-order valence-electron chi connectivity index (χ3n) is 3.64. The van der Waals surface area contributed by atoms with Crippen molar-refractivity contribution in [2.75, 3.05) is 25.0 Å². The first-order valence-corrected chi connectivity index (χ1v) is 7.63. The lowest BCUT2D eigenvalue weighted by Crippen LogP contribution is -3.14. The van der Waals surface area contributed by atoms with Gasteiger partial charge in [0.1, 0.15) is 5.82 Å². The van der Waals surface area contributed by atoms with Crippen molar-refractivity contribution in [1.29, 1.82) is 0 Å². The number of anilines is 1. The van der Waals surface area contributed by atoms with E-state index in [4.69, 9.17) is 5.73 Å². The smallest absolute Gasteiger partial charge is 0.279 e. The number of primary amides is 1. The largest absolute Gasteiger partial charge is 0.369 e. The Kier molecular flexibility index (Phi) is 5.30. The second-order valence-electron chi connectivity index (χ2n) is 5.29. The highest BCUT2D eigenvalue weighted by molar-refractivity contribution is 9.10. The number of likely N-dealkylation sites (tertiary alicyclic amines) is 1. The van der Waals surface area contributed by atoms with Crippen LogP contribution in [0.15, 0.2) is 22.7 Å². The summed E-state index contributed by atoms with van der Waals surface area (Å²) in [6.07, 6.45) is 1.64.